The third-order valence-electron chi connectivity index (χ3n) is 2.06. The Kier molecular flexibility index (Phi) is 1.99. The Labute approximate surface area is 80.4 Å². The first-order valence-electron chi connectivity index (χ1n) is 4.23. The first kappa shape index (κ1) is 8.80. The smallest absolute Gasteiger partial charge is 0.276 e. The maximum atomic E-state index is 10.6. The highest BCUT2D eigenvalue weighted by molar-refractivity contribution is 5.54. The molecule has 0 atom stereocenters. The second-order valence-electron chi connectivity index (χ2n) is 3.04. The molecule has 1 aliphatic rings. The topological polar surface area (TPSA) is 61.6 Å². The van der Waals surface area contributed by atoms with Crippen LogP contribution in [-0.2, 0) is 0 Å². The summed E-state index contributed by atoms with van der Waals surface area (Å²) in [7, 11) is 0. The number of nitro groups is 1. The minimum Gasteiger partial charge on any atom is -0.486 e. The van der Waals surface area contributed by atoms with Gasteiger partial charge >= 0.3 is 0 Å². The van der Waals surface area contributed by atoms with Crippen LogP contribution in [0.25, 0.3) is 0 Å². The van der Waals surface area contributed by atoms with Gasteiger partial charge in [0.25, 0.3) is 5.69 Å². The maximum Gasteiger partial charge on any atom is 0.276 e. The highest BCUT2D eigenvalue weighted by Crippen LogP contribution is 2.35. The van der Waals surface area contributed by atoms with Crippen molar-refractivity contribution in [2.75, 3.05) is 13.2 Å². The fourth-order valence-corrected chi connectivity index (χ4v) is 1.38. The lowest BCUT2D eigenvalue weighted by Crippen LogP contribution is -2.15. The number of ether oxygens (including phenoxy) is 2. The molecule has 0 saturated carbocycles. The number of aryl methyl sites for hydroxylation is 1. The molecule has 5 heteroatoms. The molecule has 0 bridgehead atoms. The van der Waals surface area contributed by atoms with E-state index < -0.39 is 4.92 Å². The molecule has 5 nitrogen and oxygen atoms in total. The van der Waals surface area contributed by atoms with Crippen LogP contribution >= 0.6 is 0 Å². The summed E-state index contributed by atoms with van der Waals surface area (Å²) in [6, 6.07) is 3.04. The molecule has 0 saturated heterocycles. The van der Waals surface area contributed by atoms with E-state index in [0.29, 0.717) is 30.3 Å². The summed E-state index contributed by atoms with van der Waals surface area (Å²) in [5, 5.41) is 10.6. The van der Waals surface area contributed by atoms with Gasteiger partial charge in [0.1, 0.15) is 13.2 Å². The van der Waals surface area contributed by atoms with Crippen molar-refractivity contribution in [3.63, 3.8) is 0 Å². The molecule has 0 N–H and O–H groups in total. The minimum absolute atomic E-state index is 0.0641. The van der Waals surface area contributed by atoms with Crippen molar-refractivity contribution >= 4 is 5.69 Å². The standard InChI is InChI=1S/C9H9NO4/c1-6-4-8-9(14-3-2-13-8)5-7(6)10(11)12/h4-5H,2-3H2,1H3. The normalized spacial score (nSPS) is 13.8. The second-order valence-corrected chi connectivity index (χ2v) is 3.04. The van der Waals surface area contributed by atoms with Crippen LogP contribution in [0, 0.1) is 17.0 Å². The molecular weight excluding hydrogens is 186 g/mol. The van der Waals surface area contributed by atoms with E-state index in [2.05, 4.69) is 0 Å². The molecule has 0 unspecified atom stereocenters. The van der Waals surface area contributed by atoms with E-state index in [-0.39, 0.29) is 5.69 Å². The van der Waals surface area contributed by atoms with E-state index >= 15 is 0 Å². The van der Waals surface area contributed by atoms with E-state index in [1.54, 1.807) is 13.0 Å². The summed E-state index contributed by atoms with van der Waals surface area (Å²) in [5.74, 6) is 1.04. The SMILES string of the molecule is Cc1cc2c(cc1[N+](=O)[O-])OCCO2. The number of nitro benzene ring substituents is 1. The van der Waals surface area contributed by atoms with Gasteiger partial charge in [-0.2, -0.15) is 0 Å². The zero-order valence-corrected chi connectivity index (χ0v) is 7.65. The molecule has 2 rings (SSSR count). The largest absolute Gasteiger partial charge is 0.486 e. The highest BCUT2D eigenvalue weighted by Gasteiger charge is 2.19. The maximum absolute atomic E-state index is 10.6. The highest BCUT2D eigenvalue weighted by atomic mass is 16.6. The summed E-state index contributed by atoms with van der Waals surface area (Å²) in [4.78, 5) is 10.2. The number of hydrogen-bond donors (Lipinski definition) is 0. The summed E-state index contributed by atoms with van der Waals surface area (Å²) in [5.41, 5.74) is 0.647. The lowest BCUT2D eigenvalue weighted by molar-refractivity contribution is -0.385. The third-order valence-corrected chi connectivity index (χ3v) is 2.06. The molecule has 1 aliphatic heterocycles. The molecule has 0 aromatic heterocycles. The van der Waals surface area contributed by atoms with Crippen LogP contribution in [0.2, 0.25) is 0 Å². The quantitative estimate of drug-likeness (QED) is 0.505. The van der Waals surface area contributed by atoms with Gasteiger partial charge in [-0.25, -0.2) is 0 Å². The number of fused-ring (bicyclic) bond motifs is 1. The van der Waals surface area contributed by atoms with Crippen LogP contribution in [0.3, 0.4) is 0 Å². The van der Waals surface area contributed by atoms with Gasteiger partial charge in [-0.1, -0.05) is 0 Å². The van der Waals surface area contributed by atoms with Crippen molar-refractivity contribution in [3.8, 4) is 11.5 Å². The molecule has 0 fully saturated rings. The molecule has 0 aliphatic carbocycles. The molecular formula is C9H9NO4. The zero-order valence-electron chi connectivity index (χ0n) is 7.65. The molecule has 0 amide bonds. The van der Waals surface area contributed by atoms with Crippen molar-refractivity contribution in [1.29, 1.82) is 0 Å². The fourth-order valence-electron chi connectivity index (χ4n) is 1.38. The van der Waals surface area contributed by atoms with Gasteiger partial charge in [0.15, 0.2) is 11.5 Å². The average Bonchev–Trinajstić information content (AvgIpc) is 2.16. The van der Waals surface area contributed by atoms with Crippen LogP contribution in [-0.4, -0.2) is 18.1 Å². The number of nitrogens with zero attached hydrogens (tertiary/aromatic N) is 1. The van der Waals surface area contributed by atoms with Crippen molar-refractivity contribution in [3.05, 3.63) is 27.8 Å². The van der Waals surface area contributed by atoms with Crippen LogP contribution in [0.1, 0.15) is 5.56 Å². The van der Waals surface area contributed by atoms with Crippen LogP contribution in [0.15, 0.2) is 12.1 Å². The third kappa shape index (κ3) is 1.37. The summed E-state index contributed by atoms with van der Waals surface area (Å²) < 4.78 is 10.5. The van der Waals surface area contributed by atoms with Crippen molar-refractivity contribution < 1.29 is 14.4 Å². The van der Waals surface area contributed by atoms with E-state index in [0.717, 1.165) is 0 Å². The van der Waals surface area contributed by atoms with E-state index in [9.17, 15) is 10.1 Å². The summed E-state index contributed by atoms with van der Waals surface area (Å²) in [6.07, 6.45) is 0. The van der Waals surface area contributed by atoms with Gasteiger partial charge in [-0.05, 0) is 13.0 Å². The summed E-state index contributed by atoms with van der Waals surface area (Å²) in [6.45, 7) is 2.61. The van der Waals surface area contributed by atoms with Gasteiger partial charge < -0.3 is 9.47 Å². The summed E-state index contributed by atoms with van der Waals surface area (Å²) >= 11 is 0. The van der Waals surface area contributed by atoms with Crippen molar-refractivity contribution in [2.45, 2.75) is 6.92 Å². The number of benzene rings is 1. The van der Waals surface area contributed by atoms with Crippen LogP contribution in [0.5, 0.6) is 11.5 Å². The van der Waals surface area contributed by atoms with Gasteiger partial charge in [-0.3, -0.25) is 10.1 Å². The average molecular weight is 195 g/mol. The van der Waals surface area contributed by atoms with Gasteiger partial charge in [0.05, 0.1) is 11.0 Å². The Balaban J connectivity index is 2.50. The molecule has 0 spiro atoms. The Morgan fingerprint density at radius 3 is 2.43 bits per heavy atom. The predicted octanol–water partition coefficient (Wildman–Crippen LogP) is 1.67. The van der Waals surface area contributed by atoms with Crippen molar-refractivity contribution in [2.24, 2.45) is 0 Å². The first-order chi connectivity index (χ1) is 6.68. The van der Waals surface area contributed by atoms with Crippen LogP contribution < -0.4 is 9.47 Å². The lowest BCUT2D eigenvalue weighted by Gasteiger charge is -2.18. The Bertz CT molecular complexity index is 389. The molecule has 74 valence electrons. The molecule has 1 heterocycles. The Morgan fingerprint density at radius 1 is 1.29 bits per heavy atom. The minimum atomic E-state index is -0.423. The number of rotatable bonds is 1. The number of hydrogen-bond acceptors (Lipinski definition) is 4. The van der Waals surface area contributed by atoms with Crippen molar-refractivity contribution in [1.82, 2.24) is 0 Å². The predicted molar refractivity (Wildman–Crippen MR) is 48.8 cm³/mol. The monoisotopic (exact) mass is 195 g/mol. The van der Waals surface area contributed by atoms with E-state index in [1.807, 2.05) is 0 Å². The fraction of sp³-hybridized carbons (Fsp3) is 0.333. The van der Waals surface area contributed by atoms with E-state index in [4.69, 9.17) is 9.47 Å². The molecule has 1 aromatic rings. The second kappa shape index (κ2) is 3.17. The van der Waals surface area contributed by atoms with Gasteiger partial charge in [0.2, 0.25) is 0 Å². The molecule has 1 aromatic carbocycles. The molecule has 14 heavy (non-hydrogen) atoms. The first-order valence-corrected chi connectivity index (χ1v) is 4.23. The Morgan fingerprint density at radius 2 is 1.86 bits per heavy atom. The van der Waals surface area contributed by atoms with Gasteiger partial charge in [-0.15, -0.1) is 0 Å². The van der Waals surface area contributed by atoms with E-state index in [1.165, 1.54) is 6.07 Å². The van der Waals surface area contributed by atoms with Gasteiger partial charge in [0, 0.05) is 5.56 Å². The lowest BCUT2D eigenvalue weighted by atomic mass is 10.2. The van der Waals surface area contributed by atoms with Crippen LogP contribution in [0.4, 0.5) is 5.69 Å². The zero-order chi connectivity index (χ0) is 10.1. The Hall–Kier alpha value is -1.78. The molecule has 0 radical (unpaired) electrons.